The number of benzene rings is 1. The lowest BCUT2D eigenvalue weighted by Gasteiger charge is -2.27. The largest absolute Gasteiger partial charge is 0.395 e. The van der Waals surface area contributed by atoms with E-state index < -0.39 is 0 Å². The summed E-state index contributed by atoms with van der Waals surface area (Å²) in [6.45, 7) is 3.90. The number of para-hydroxylation sites is 1. The minimum absolute atomic E-state index is 0.0782. The number of anilines is 1. The molecule has 0 aliphatic carbocycles. The van der Waals surface area contributed by atoms with Gasteiger partial charge in [0.2, 0.25) is 0 Å². The van der Waals surface area contributed by atoms with E-state index in [1.807, 2.05) is 30.0 Å². The van der Waals surface area contributed by atoms with Crippen molar-refractivity contribution in [3.63, 3.8) is 0 Å². The predicted octanol–water partition coefficient (Wildman–Crippen LogP) is 1.07. The second kappa shape index (κ2) is 7.31. The van der Waals surface area contributed by atoms with E-state index in [0.29, 0.717) is 24.7 Å². The maximum Gasteiger partial charge on any atom is 0.106 e. The zero-order valence-electron chi connectivity index (χ0n) is 10.8. The minimum atomic E-state index is 0.0782. The maximum atomic E-state index is 9.17. The number of ether oxygens (including phenoxy) is 1. The maximum absolute atomic E-state index is 9.17. The first kappa shape index (κ1) is 14.9. The zero-order valence-corrected chi connectivity index (χ0v) is 11.7. The van der Waals surface area contributed by atoms with Crippen molar-refractivity contribution < 1.29 is 9.84 Å². The first-order valence-corrected chi connectivity index (χ1v) is 6.26. The summed E-state index contributed by atoms with van der Waals surface area (Å²) in [5.74, 6) is 0. The molecule has 1 rings (SSSR count). The van der Waals surface area contributed by atoms with Gasteiger partial charge in [-0.3, -0.25) is 0 Å². The van der Waals surface area contributed by atoms with Crippen molar-refractivity contribution in [3.8, 4) is 0 Å². The molecule has 0 aliphatic heterocycles. The molecule has 18 heavy (non-hydrogen) atoms. The average Bonchev–Trinajstić information content (AvgIpc) is 2.34. The molecular weight excluding hydrogens is 248 g/mol. The number of hydrogen-bond donors (Lipinski definition) is 2. The molecule has 0 fully saturated rings. The van der Waals surface area contributed by atoms with Gasteiger partial charge in [0.1, 0.15) is 4.99 Å². The van der Waals surface area contributed by atoms with Crippen LogP contribution in [0.3, 0.4) is 0 Å². The number of methoxy groups -OCH3 is 1. The third kappa shape index (κ3) is 3.66. The van der Waals surface area contributed by atoms with Crippen molar-refractivity contribution >= 4 is 22.9 Å². The van der Waals surface area contributed by atoms with E-state index in [4.69, 9.17) is 22.7 Å². The van der Waals surface area contributed by atoms with E-state index in [9.17, 15) is 5.11 Å². The molecule has 0 amide bonds. The number of aryl methyl sites for hydroxylation is 1. The van der Waals surface area contributed by atoms with Crippen LogP contribution in [0.1, 0.15) is 11.1 Å². The molecule has 0 saturated heterocycles. The summed E-state index contributed by atoms with van der Waals surface area (Å²) in [6, 6.07) is 5.84. The number of rotatable bonds is 7. The summed E-state index contributed by atoms with van der Waals surface area (Å²) >= 11 is 5.08. The Kier molecular flexibility index (Phi) is 6.04. The Morgan fingerprint density at radius 3 is 2.72 bits per heavy atom. The smallest absolute Gasteiger partial charge is 0.106 e. The molecule has 0 aromatic heterocycles. The first-order valence-electron chi connectivity index (χ1n) is 5.86. The van der Waals surface area contributed by atoms with Gasteiger partial charge in [-0.15, -0.1) is 0 Å². The number of nitrogens with zero attached hydrogens (tertiary/aromatic N) is 1. The number of aliphatic hydroxyl groups is 1. The van der Waals surface area contributed by atoms with Crippen LogP contribution >= 0.6 is 12.2 Å². The molecule has 0 radical (unpaired) electrons. The van der Waals surface area contributed by atoms with Crippen LogP contribution in [0.4, 0.5) is 5.69 Å². The lowest BCUT2D eigenvalue weighted by molar-refractivity contribution is 0.203. The first-order chi connectivity index (χ1) is 8.61. The molecule has 0 aliphatic rings. The van der Waals surface area contributed by atoms with E-state index in [0.717, 1.165) is 16.8 Å². The summed E-state index contributed by atoms with van der Waals surface area (Å²) in [5, 5.41) is 9.17. The number of hydrogen-bond acceptors (Lipinski definition) is 4. The minimum Gasteiger partial charge on any atom is -0.395 e. The quantitative estimate of drug-likeness (QED) is 0.725. The van der Waals surface area contributed by atoms with E-state index >= 15 is 0 Å². The molecule has 4 nitrogen and oxygen atoms in total. The average molecular weight is 268 g/mol. The Labute approximate surface area is 113 Å². The second-order valence-corrected chi connectivity index (χ2v) is 4.48. The zero-order chi connectivity index (χ0) is 13.5. The SMILES string of the molecule is COCCN(CCO)c1c(C)cccc1C(N)=S. The van der Waals surface area contributed by atoms with Crippen LogP contribution in [0.25, 0.3) is 0 Å². The van der Waals surface area contributed by atoms with Gasteiger partial charge in [-0.25, -0.2) is 0 Å². The van der Waals surface area contributed by atoms with Crippen molar-refractivity contribution in [1.82, 2.24) is 0 Å². The molecular formula is C13H20N2O2S. The molecule has 0 bridgehead atoms. The summed E-state index contributed by atoms with van der Waals surface area (Å²) in [4.78, 5) is 2.42. The highest BCUT2D eigenvalue weighted by Gasteiger charge is 2.14. The Morgan fingerprint density at radius 1 is 1.44 bits per heavy atom. The summed E-state index contributed by atoms with van der Waals surface area (Å²) in [5.41, 5.74) is 8.67. The van der Waals surface area contributed by atoms with Crippen LogP contribution in [0, 0.1) is 6.92 Å². The molecule has 100 valence electrons. The van der Waals surface area contributed by atoms with E-state index in [-0.39, 0.29) is 6.61 Å². The fourth-order valence-electron chi connectivity index (χ4n) is 1.94. The van der Waals surface area contributed by atoms with Gasteiger partial charge in [-0.1, -0.05) is 24.4 Å². The molecule has 0 spiro atoms. The Hall–Kier alpha value is -1.17. The Bertz CT molecular complexity index is 410. The lowest BCUT2D eigenvalue weighted by Crippen LogP contribution is -2.32. The van der Waals surface area contributed by atoms with Crippen LogP contribution in [-0.2, 0) is 4.74 Å². The highest BCUT2D eigenvalue weighted by molar-refractivity contribution is 7.80. The van der Waals surface area contributed by atoms with Gasteiger partial charge in [-0.05, 0) is 18.6 Å². The van der Waals surface area contributed by atoms with Crippen LogP contribution < -0.4 is 10.6 Å². The van der Waals surface area contributed by atoms with Gasteiger partial charge < -0.3 is 20.5 Å². The normalized spacial score (nSPS) is 10.4. The molecule has 1 aromatic carbocycles. The van der Waals surface area contributed by atoms with Gasteiger partial charge in [0.15, 0.2) is 0 Å². The van der Waals surface area contributed by atoms with Gasteiger partial charge in [0.25, 0.3) is 0 Å². The summed E-state index contributed by atoms with van der Waals surface area (Å²) < 4.78 is 5.09. The van der Waals surface area contributed by atoms with Crippen molar-refractivity contribution in [2.24, 2.45) is 5.73 Å². The fraction of sp³-hybridized carbons (Fsp3) is 0.462. The molecule has 0 heterocycles. The second-order valence-electron chi connectivity index (χ2n) is 4.04. The standard InChI is InChI=1S/C13H20N2O2S/c1-10-4-3-5-11(13(14)18)12(10)15(6-8-16)7-9-17-2/h3-5,16H,6-9H2,1-2H3,(H2,14,18). The number of thiocarbonyl (C=S) groups is 1. The Balaban J connectivity index is 3.12. The van der Waals surface area contributed by atoms with Gasteiger partial charge >= 0.3 is 0 Å². The predicted molar refractivity (Wildman–Crippen MR) is 78.2 cm³/mol. The third-order valence-electron chi connectivity index (χ3n) is 2.75. The lowest BCUT2D eigenvalue weighted by atomic mass is 10.1. The van der Waals surface area contributed by atoms with E-state index in [1.54, 1.807) is 7.11 Å². The van der Waals surface area contributed by atoms with Gasteiger partial charge in [0.05, 0.1) is 18.9 Å². The van der Waals surface area contributed by atoms with Crippen molar-refractivity contribution in [1.29, 1.82) is 0 Å². The topological polar surface area (TPSA) is 58.7 Å². The summed E-state index contributed by atoms with van der Waals surface area (Å²) in [6.07, 6.45) is 0. The molecule has 0 atom stereocenters. The fourth-order valence-corrected chi connectivity index (χ4v) is 2.10. The number of aliphatic hydroxyl groups excluding tert-OH is 1. The van der Waals surface area contributed by atoms with Crippen LogP contribution in [-0.4, -0.2) is 43.5 Å². The van der Waals surface area contributed by atoms with E-state index in [1.165, 1.54) is 0 Å². The van der Waals surface area contributed by atoms with Gasteiger partial charge in [-0.2, -0.15) is 0 Å². The van der Waals surface area contributed by atoms with Crippen molar-refractivity contribution in [2.45, 2.75) is 6.92 Å². The van der Waals surface area contributed by atoms with E-state index in [2.05, 4.69) is 0 Å². The Morgan fingerprint density at radius 2 is 2.17 bits per heavy atom. The molecule has 0 unspecified atom stereocenters. The highest BCUT2D eigenvalue weighted by Crippen LogP contribution is 2.25. The molecule has 1 aromatic rings. The van der Waals surface area contributed by atoms with Gasteiger partial charge in [0, 0.05) is 25.8 Å². The molecule has 5 heteroatoms. The number of nitrogens with two attached hydrogens (primary N) is 1. The monoisotopic (exact) mass is 268 g/mol. The van der Waals surface area contributed by atoms with Crippen LogP contribution in [0.5, 0.6) is 0 Å². The summed E-state index contributed by atoms with van der Waals surface area (Å²) in [7, 11) is 1.66. The molecule has 3 N–H and O–H groups in total. The van der Waals surface area contributed by atoms with Crippen molar-refractivity contribution in [3.05, 3.63) is 29.3 Å². The highest BCUT2D eigenvalue weighted by atomic mass is 32.1. The van der Waals surface area contributed by atoms with Crippen LogP contribution in [0.15, 0.2) is 18.2 Å². The molecule has 0 saturated carbocycles. The van der Waals surface area contributed by atoms with Crippen molar-refractivity contribution in [2.75, 3.05) is 38.3 Å². The third-order valence-corrected chi connectivity index (χ3v) is 2.97. The van der Waals surface area contributed by atoms with Crippen LogP contribution in [0.2, 0.25) is 0 Å².